The zero-order chi connectivity index (χ0) is 23.7. The Morgan fingerprint density at radius 3 is 2.73 bits per heavy atom. The maximum atomic E-state index is 13.6. The van der Waals surface area contributed by atoms with Crippen molar-refractivity contribution in [3.8, 4) is 0 Å². The number of aromatic nitrogens is 2. The van der Waals surface area contributed by atoms with Gasteiger partial charge in [0.15, 0.2) is 0 Å². The lowest BCUT2D eigenvalue weighted by atomic mass is 10.1. The lowest BCUT2D eigenvalue weighted by Gasteiger charge is -2.36. The standard InChI is InChI=1S/C23H28N4O4S2/c1-14-7-5-8-26-19(14)24-20(25-12-15(2)31-16(3)13-25)17(21(26)28)11-18-22(29)27(23(32)33-18)9-6-10-30-4/h5,7-8,11,15-16H,6,9-10,12-13H2,1-4H3/b18-11+/t15-,16-/m0/s1. The molecule has 1 amide bonds. The highest BCUT2D eigenvalue weighted by Crippen LogP contribution is 2.34. The van der Waals surface area contributed by atoms with Crippen molar-refractivity contribution >= 4 is 51.7 Å². The summed E-state index contributed by atoms with van der Waals surface area (Å²) < 4.78 is 13.0. The van der Waals surface area contributed by atoms with Gasteiger partial charge in [-0.15, -0.1) is 0 Å². The van der Waals surface area contributed by atoms with Crippen LogP contribution in [0.5, 0.6) is 0 Å². The summed E-state index contributed by atoms with van der Waals surface area (Å²) in [6.45, 7) is 8.19. The van der Waals surface area contributed by atoms with Crippen molar-refractivity contribution < 1.29 is 14.3 Å². The van der Waals surface area contributed by atoms with E-state index >= 15 is 0 Å². The van der Waals surface area contributed by atoms with Crippen LogP contribution in [0.25, 0.3) is 11.7 Å². The Balaban J connectivity index is 1.81. The second kappa shape index (κ2) is 9.92. The van der Waals surface area contributed by atoms with Crippen molar-refractivity contribution in [2.45, 2.75) is 39.4 Å². The monoisotopic (exact) mass is 488 g/mol. The molecule has 176 valence electrons. The summed E-state index contributed by atoms with van der Waals surface area (Å²) in [5.41, 5.74) is 1.68. The Morgan fingerprint density at radius 2 is 2.03 bits per heavy atom. The average molecular weight is 489 g/mol. The highest BCUT2D eigenvalue weighted by Gasteiger charge is 2.33. The molecular weight excluding hydrogens is 460 g/mol. The highest BCUT2D eigenvalue weighted by atomic mass is 32.2. The lowest BCUT2D eigenvalue weighted by molar-refractivity contribution is -0.122. The van der Waals surface area contributed by atoms with Crippen LogP contribution in [0.2, 0.25) is 0 Å². The minimum Gasteiger partial charge on any atom is -0.385 e. The Hall–Kier alpha value is -2.27. The van der Waals surface area contributed by atoms with Gasteiger partial charge in [0.2, 0.25) is 0 Å². The van der Waals surface area contributed by atoms with Gasteiger partial charge in [-0.05, 0) is 44.9 Å². The smallest absolute Gasteiger partial charge is 0.267 e. The van der Waals surface area contributed by atoms with Crippen LogP contribution in [0.1, 0.15) is 31.4 Å². The number of rotatable bonds is 6. The number of thioether (sulfide) groups is 1. The second-order valence-electron chi connectivity index (χ2n) is 8.38. The number of fused-ring (bicyclic) bond motifs is 1. The molecule has 4 heterocycles. The highest BCUT2D eigenvalue weighted by molar-refractivity contribution is 8.26. The van der Waals surface area contributed by atoms with Crippen LogP contribution in [0.3, 0.4) is 0 Å². The van der Waals surface area contributed by atoms with Gasteiger partial charge in [-0.2, -0.15) is 0 Å². The number of hydrogen-bond donors (Lipinski definition) is 0. The number of morpholine rings is 1. The molecule has 8 nitrogen and oxygen atoms in total. The van der Waals surface area contributed by atoms with Gasteiger partial charge in [0.05, 0.1) is 22.7 Å². The molecule has 0 bridgehead atoms. The van der Waals surface area contributed by atoms with E-state index in [1.165, 1.54) is 16.2 Å². The fraction of sp³-hybridized carbons (Fsp3) is 0.478. The number of hydrogen-bond acceptors (Lipinski definition) is 8. The number of ether oxygens (including phenoxy) is 2. The third-order valence-electron chi connectivity index (χ3n) is 5.66. The van der Waals surface area contributed by atoms with Crippen molar-refractivity contribution in [1.82, 2.24) is 14.3 Å². The summed E-state index contributed by atoms with van der Waals surface area (Å²) in [6, 6.07) is 3.75. The molecule has 0 aromatic carbocycles. The predicted molar refractivity (Wildman–Crippen MR) is 135 cm³/mol. The van der Waals surface area contributed by atoms with Crippen LogP contribution in [0.15, 0.2) is 28.0 Å². The van der Waals surface area contributed by atoms with Gasteiger partial charge < -0.3 is 14.4 Å². The first kappa shape index (κ1) is 23.9. The SMILES string of the molecule is COCCCN1C(=O)/C(=C\c2c(N3C[C@H](C)O[C@@H](C)C3)nc3c(C)cccn3c2=O)SC1=S. The van der Waals surface area contributed by atoms with Crippen molar-refractivity contribution in [1.29, 1.82) is 0 Å². The number of aryl methyl sites for hydroxylation is 1. The molecule has 2 aromatic rings. The first-order valence-corrected chi connectivity index (χ1v) is 12.2. The van der Waals surface area contributed by atoms with Crippen molar-refractivity contribution in [2.24, 2.45) is 0 Å². The van der Waals surface area contributed by atoms with E-state index in [0.717, 1.165) is 5.56 Å². The fourth-order valence-electron chi connectivity index (χ4n) is 4.21. The van der Waals surface area contributed by atoms with Gasteiger partial charge in [0, 0.05) is 39.5 Å². The Morgan fingerprint density at radius 1 is 1.30 bits per heavy atom. The zero-order valence-corrected chi connectivity index (χ0v) is 20.9. The largest absolute Gasteiger partial charge is 0.385 e. The number of anilines is 1. The van der Waals surface area contributed by atoms with Gasteiger partial charge in [-0.25, -0.2) is 4.98 Å². The molecule has 0 saturated carbocycles. The molecule has 2 atom stereocenters. The summed E-state index contributed by atoms with van der Waals surface area (Å²) in [4.78, 5) is 35.7. The maximum absolute atomic E-state index is 13.6. The van der Waals surface area contributed by atoms with E-state index in [-0.39, 0.29) is 23.7 Å². The maximum Gasteiger partial charge on any atom is 0.267 e. The number of carbonyl (C=O) groups excluding carboxylic acids is 1. The van der Waals surface area contributed by atoms with E-state index in [1.54, 1.807) is 24.3 Å². The van der Waals surface area contributed by atoms with Crippen LogP contribution in [0.4, 0.5) is 5.82 Å². The second-order valence-corrected chi connectivity index (χ2v) is 10.1. The van der Waals surface area contributed by atoms with Crippen LogP contribution in [-0.2, 0) is 14.3 Å². The summed E-state index contributed by atoms with van der Waals surface area (Å²) in [7, 11) is 1.63. The van der Waals surface area contributed by atoms with E-state index in [0.29, 0.717) is 58.9 Å². The van der Waals surface area contributed by atoms with Crippen molar-refractivity contribution in [3.05, 3.63) is 44.7 Å². The number of pyridine rings is 1. The van der Waals surface area contributed by atoms with Gasteiger partial charge in [0.25, 0.3) is 11.5 Å². The third-order valence-corrected chi connectivity index (χ3v) is 7.04. The van der Waals surface area contributed by atoms with Gasteiger partial charge in [-0.3, -0.25) is 18.9 Å². The van der Waals surface area contributed by atoms with Crippen LogP contribution >= 0.6 is 24.0 Å². The quantitative estimate of drug-likeness (QED) is 0.349. The number of amides is 1. The minimum atomic E-state index is -0.213. The van der Waals surface area contributed by atoms with Gasteiger partial charge in [0.1, 0.15) is 15.8 Å². The molecule has 0 radical (unpaired) electrons. The molecule has 0 aliphatic carbocycles. The zero-order valence-electron chi connectivity index (χ0n) is 19.2. The normalized spacial score (nSPS) is 22.7. The summed E-state index contributed by atoms with van der Waals surface area (Å²) >= 11 is 6.65. The first-order valence-electron chi connectivity index (χ1n) is 11.0. The molecule has 4 rings (SSSR count). The third kappa shape index (κ3) is 4.84. The first-order chi connectivity index (χ1) is 15.8. The minimum absolute atomic E-state index is 0.00211. The molecule has 0 spiro atoms. The van der Waals surface area contributed by atoms with E-state index in [4.69, 9.17) is 26.7 Å². The predicted octanol–water partition coefficient (Wildman–Crippen LogP) is 2.85. The number of thiocarbonyl (C=S) groups is 1. The number of methoxy groups -OCH3 is 1. The average Bonchev–Trinajstić information content (AvgIpc) is 3.03. The van der Waals surface area contributed by atoms with Crippen LogP contribution in [0, 0.1) is 6.92 Å². The van der Waals surface area contributed by atoms with Crippen LogP contribution < -0.4 is 10.5 Å². The topological polar surface area (TPSA) is 76.4 Å². The molecule has 0 unspecified atom stereocenters. The van der Waals surface area contributed by atoms with Gasteiger partial charge >= 0.3 is 0 Å². The molecule has 10 heteroatoms. The Bertz CT molecular complexity index is 1170. The molecule has 0 N–H and O–H groups in total. The summed E-state index contributed by atoms with van der Waals surface area (Å²) in [5, 5.41) is 0. The van der Waals surface area contributed by atoms with Gasteiger partial charge in [-0.1, -0.05) is 30.0 Å². The molecule has 2 aliphatic rings. The van der Waals surface area contributed by atoms with Crippen molar-refractivity contribution in [3.63, 3.8) is 0 Å². The molecule has 2 aliphatic heterocycles. The lowest BCUT2D eigenvalue weighted by Crippen LogP contribution is -2.46. The van der Waals surface area contributed by atoms with E-state index in [1.807, 2.05) is 32.9 Å². The molecule has 2 aromatic heterocycles. The van der Waals surface area contributed by atoms with E-state index < -0.39 is 0 Å². The number of nitrogens with zero attached hydrogens (tertiary/aromatic N) is 4. The molecule has 33 heavy (non-hydrogen) atoms. The molecule has 2 saturated heterocycles. The summed E-state index contributed by atoms with van der Waals surface area (Å²) in [6.07, 6.45) is 4.04. The van der Waals surface area contributed by atoms with E-state index in [2.05, 4.69) is 4.90 Å². The number of carbonyl (C=O) groups is 1. The Kier molecular flexibility index (Phi) is 7.18. The van der Waals surface area contributed by atoms with Crippen LogP contribution in [-0.4, -0.2) is 70.1 Å². The fourth-order valence-corrected chi connectivity index (χ4v) is 5.50. The van der Waals surface area contributed by atoms with Crippen molar-refractivity contribution in [2.75, 3.05) is 38.3 Å². The Labute approximate surface area is 202 Å². The summed E-state index contributed by atoms with van der Waals surface area (Å²) in [5.74, 6) is 0.380. The van der Waals surface area contributed by atoms with E-state index in [9.17, 15) is 9.59 Å². The molecule has 2 fully saturated rings. The molecular formula is C23H28N4O4S2.